The van der Waals surface area contributed by atoms with Crippen LogP contribution in [0.25, 0.3) is 0 Å². The molecule has 2 aromatic carbocycles. The lowest BCUT2D eigenvalue weighted by atomic mass is 9.99. The summed E-state index contributed by atoms with van der Waals surface area (Å²) in [6, 6.07) is 15.6. The maximum absolute atomic E-state index is 6.22. The van der Waals surface area contributed by atoms with Gasteiger partial charge in [0.05, 0.1) is 6.04 Å². The number of rotatable bonds is 6. The van der Waals surface area contributed by atoms with Crippen LogP contribution in [-0.2, 0) is 6.42 Å². The summed E-state index contributed by atoms with van der Waals surface area (Å²) in [6.45, 7) is 4.89. The zero-order valence-corrected chi connectivity index (χ0v) is 13.3. The topological polar surface area (TPSA) is 35.2 Å². The third-order valence-electron chi connectivity index (χ3n) is 3.27. The normalized spacial score (nSPS) is 12.4. The molecule has 0 aliphatic carbocycles. The second kappa shape index (κ2) is 7.48. The number of ether oxygens (including phenoxy) is 1. The van der Waals surface area contributed by atoms with Gasteiger partial charge in [0.25, 0.3) is 0 Å². The van der Waals surface area contributed by atoms with Crippen molar-refractivity contribution in [3.63, 3.8) is 0 Å². The third-order valence-corrected chi connectivity index (χ3v) is 3.52. The Morgan fingerprint density at radius 1 is 1.10 bits per heavy atom. The van der Waals surface area contributed by atoms with Gasteiger partial charge in [-0.3, -0.25) is 0 Å². The fraction of sp³-hybridized carbons (Fsp3) is 0.333. The van der Waals surface area contributed by atoms with Crippen molar-refractivity contribution in [1.82, 2.24) is 0 Å². The lowest BCUT2D eigenvalue weighted by molar-refractivity contribution is 0.290. The molecule has 0 bridgehead atoms. The Balaban J connectivity index is 1.96. The highest BCUT2D eigenvalue weighted by Gasteiger charge is 2.08. The molecule has 21 heavy (non-hydrogen) atoms. The zero-order valence-electron chi connectivity index (χ0n) is 12.6. The van der Waals surface area contributed by atoms with Crippen molar-refractivity contribution in [2.45, 2.75) is 26.3 Å². The van der Waals surface area contributed by atoms with Crippen LogP contribution in [0.15, 0.2) is 48.5 Å². The first-order chi connectivity index (χ1) is 10.0. The Morgan fingerprint density at radius 3 is 2.48 bits per heavy atom. The van der Waals surface area contributed by atoms with Crippen molar-refractivity contribution in [3.8, 4) is 5.75 Å². The van der Waals surface area contributed by atoms with Gasteiger partial charge in [0.1, 0.15) is 12.4 Å². The summed E-state index contributed by atoms with van der Waals surface area (Å²) >= 11 is 5.85. The molecule has 2 rings (SSSR count). The minimum absolute atomic E-state index is 0.132. The van der Waals surface area contributed by atoms with Crippen LogP contribution in [0.3, 0.4) is 0 Å². The van der Waals surface area contributed by atoms with Crippen LogP contribution in [0, 0.1) is 5.92 Å². The van der Waals surface area contributed by atoms with Crippen LogP contribution in [0.2, 0.25) is 5.02 Å². The SMILES string of the molecule is CC(C)Cc1cccc(C(N)COc2ccc(Cl)cc2)c1. The number of nitrogens with two attached hydrogens (primary N) is 1. The quantitative estimate of drug-likeness (QED) is 0.845. The van der Waals surface area contributed by atoms with Gasteiger partial charge in [-0.05, 0) is 47.7 Å². The van der Waals surface area contributed by atoms with Gasteiger partial charge in [0, 0.05) is 5.02 Å². The number of halogens is 1. The number of hydrogen-bond acceptors (Lipinski definition) is 2. The second-order valence-corrected chi connectivity index (χ2v) is 6.15. The average molecular weight is 304 g/mol. The van der Waals surface area contributed by atoms with E-state index in [-0.39, 0.29) is 6.04 Å². The lowest BCUT2D eigenvalue weighted by Gasteiger charge is -2.15. The first-order valence-electron chi connectivity index (χ1n) is 7.27. The second-order valence-electron chi connectivity index (χ2n) is 5.71. The molecule has 2 aromatic rings. The molecule has 0 spiro atoms. The molecular weight excluding hydrogens is 282 g/mol. The van der Waals surface area contributed by atoms with E-state index < -0.39 is 0 Å². The van der Waals surface area contributed by atoms with Crippen LogP contribution in [0.4, 0.5) is 0 Å². The van der Waals surface area contributed by atoms with E-state index in [1.165, 1.54) is 5.56 Å². The van der Waals surface area contributed by atoms with Crippen molar-refractivity contribution in [3.05, 3.63) is 64.7 Å². The summed E-state index contributed by atoms with van der Waals surface area (Å²) < 4.78 is 5.71. The molecule has 0 aliphatic rings. The zero-order chi connectivity index (χ0) is 15.2. The Morgan fingerprint density at radius 2 is 1.81 bits per heavy atom. The molecule has 1 unspecified atom stereocenters. The smallest absolute Gasteiger partial charge is 0.119 e. The summed E-state index contributed by atoms with van der Waals surface area (Å²) in [5.41, 5.74) is 8.66. The summed E-state index contributed by atoms with van der Waals surface area (Å²) in [6.07, 6.45) is 1.07. The van der Waals surface area contributed by atoms with Crippen molar-refractivity contribution in [2.75, 3.05) is 6.61 Å². The Hall–Kier alpha value is -1.51. The standard InChI is InChI=1S/C18H22ClNO/c1-13(2)10-14-4-3-5-15(11-14)18(20)12-21-17-8-6-16(19)7-9-17/h3-9,11,13,18H,10,12,20H2,1-2H3. The van der Waals surface area contributed by atoms with Gasteiger partial charge in [-0.1, -0.05) is 49.7 Å². The lowest BCUT2D eigenvalue weighted by Crippen LogP contribution is -2.19. The predicted molar refractivity (Wildman–Crippen MR) is 88.9 cm³/mol. The van der Waals surface area contributed by atoms with Crippen molar-refractivity contribution in [2.24, 2.45) is 11.7 Å². The van der Waals surface area contributed by atoms with Crippen LogP contribution >= 0.6 is 11.6 Å². The van der Waals surface area contributed by atoms with Gasteiger partial charge < -0.3 is 10.5 Å². The van der Waals surface area contributed by atoms with E-state index in [0.717, 1.165) is 17.7 Å². The Kier molecular flexibility index (Phi) is 5.66. The number of benzene rings is 2. The molecule has 112 valence electrons. The molecule has 0 amide bonds. The van der Waals surface area contributed by atoms with Gasteiger partial charge in [0.15, 0.2) is 0 Å². The monoisotopic (exact) mass is 303 g/mol. The van der Waals surface area contributed by atoms with Crippen molar-refractivity contribution in [1.29, 1.82) is 0 Å². The molecule has 0 fully saturated rings. The molecule has 0 saturated carbocycles. The van der Waals surface area contributed by atoms with Crippen molar-refractivity contribution >= 4 is 11.6 Å². The summed E-state index contributed by atoms with van der Waals surface area (Å²) in [4.78, 5) is 0. The van der Waals surface area contributed by atoms with E-state index in [1.807, 2.05) is 24.3 Å². The molecule has 0 aromatic heterocycles. The predicted octanol–water partition coefficient (Wildman–Crippen LogP) is 4.62. The molecular formula is C18H22ClNO. The maximum Gasteiger partial charge on any atom is 0.119 e. The van der Waals surface area contributed by atoms with E-state index in [9.17, 15) is 0 Å². The molecule has 0 aliphatic heterocycles. The Labute approximate surface area is 131 Å². The molecule has 1 atom stereocenters. The maximum atomic E-state index is 6.22. The molecule has 0 radical (unpaired) electrons. The van der Waals surface area contributed by atoms with Gasteiger partial charge in [-0.25, -0.2) is 0 Å². The van der Waals surface area contributed by atoms with E-state index in [1.54, 1.807) is 0 Å². The van der Waals surface area contributed by atoms with Crippen molar-refractivity contribution < 1.29 is 4.74 Å². The Bertz CT molecular complexity index is 566. The highest BCUT2D eigenvalue weighted by molar-refractivity contribution is 6.30. The van der Waals surface area contributed by atoms with Crippen LogP contribution < -0.4 is 10.5 Å². The van der Waals surface area contributed by atoms with Gasteiger partial charge in [-0.2, -0.15) is 0 Å². The van der Waals surface area contributed by atoms with Crippen LogP contribution in [-0.4, -0.2) is 6.61 Å². The first-order valence-corrected chi connectivity index (χ1v) is 7.65. The third kappa shape index (κ3) is 5.07. The minimum atomic E-state index is -0.132. The fourth-order valence-corrected chi connectivity index (χ4v) is 2.36. The molecule has 0 heterocycles. The first kappa shape index (κ1) is 15.9. The molecule has 0 saturated heterocycles. The fourth-order valence-electron chi connectivity index (χ4n) is 2.24. The molecule has 2 N–H and O–H groups in total. The number of hydrogen-bond donors (Lipinski definition) is 1. The average Bonchev–Trinajstić information content (AvgIpc) is 2.46. The minimum Gasteiger partial charge on any atom is -0.492 e. The van der Waals surface area contributed by atoms with E-state index in [4.69, 9.17) is 22.1 Å². The highest BCUT2D eigenvalue weighted by atomic mass is 35.5. The molecule has 2 nitrogen and oxygen atoms in total. The van der Waals surface area contributed by atoms with Gasteiger partial charge in [-0.15, -0.1) is 0 Å². The highest BCUT2D eigenvalue weighted by Crippen LogP contribution is 2.19. The van der Waals surface area contributed by atoms with E-state index in [2.05, 4.69) is 38.1 Å². The van der Waals surface area contributed by atoms with Gasteiger partial charge in [0.2, 0.25) is 0 Å². The summed E-state index contributed by atoms with van der Waals surface area (Å²) in [7, 11) is 0. The largest absolute Gasteiger partial charge is 0.492 e. The summed E-state index contributed by atoms with van der Waals surface area (Å²) in [5.74, 6) is 1.43. The summed E-state index contributed by atoms with van der Waals surface area (Å²) in [5, 5.41) is 0.702. The van der Waals surface area contributed by atoms with Crippen LogP contribution in [0.5, 0.6) is 5.75 Å². The van der Waals surface area contributed by atoms with E-state index >= 15 is 0 Å². The van der Waals surface area contributed by atoms with Gasteiger partial charge >= 0.3 is 0 Å². The van der Waals surface area contributed by atoms with E-state index in [0.29, 0.717) is 17.5 Å². The van der Waals surface area contributed by atoms with Crippen LogP contribution in [0.1, 0.15) is 31.0 Å². The molecule has 3 heteroatoms.